The third kappa shape index (κ3) is 4.00. The molecule has 3 N–H and O–H groups in total. The number of aliphatic hydroxyl groups is 1. The molecule has 35 heavy (non-hydrogen) atoms. The first-order valence-corrected chi connectivity index (χ1v) is 12.3. The zero-order chi connectivity index (χ0) is 23.9. The van der Waals surface area contributed by atoms with Crippen molar-refractivity contribution in [2.45, 2.75) is 51.7 Å². The number of likely N-dealkylation sites (tertiary alicyclic amines) is 1. The topological polar surface area (TPSA) is 111 Å². The average molecular weight is 471 g/mol. The van der Waals surface area contributed by atoms with Crippen LogP contribution in [0, 0.1) is 0 Å². The lowest BCUT2D eigenvalue weighted by Gasteiger charge is -2.31. The summed E-state index contributed by atoms with van der Waals surface area (Å²) in [5.74, 6) is 0.863. The molecule has 0 radical (unpaired) electrons. The Bertz CT molecular complexity index is 1460. The predicted molar refractivity (Wildman–Crippen MR) is 134 cm³/mol. The summed E-state index contributed by atoms with van der Waals surface area (Å²) >= 11 is 0. The zero-order valence-electron chi connectivity index (χ0n) is 20.1. The van der Waals surface area contributed by atoms with Crippen LogP contribution in [0.3, 0.4) is 0 Å². The standard InChI is InChI=1S/C26H30N8O/c1-16(2)25-21-9-18(17-5-7-33(8-6-17)12-20-11-28-32-31-20)3-4-23(21)30-26(25)22-13-34-24(27-15-29-34)10-19(22)14-35/h3-4,9-11,13,15-17,30,35H,5-8,12,14H2,1-2H3,(H,28,31,32). The Morgan fingerprint density at radius 2 is 2.03 bits per heavy atom. The molecule has 0 unspecified atom stereocenters. The quantitative estimate of drug-likeness (QED) is 0.346. The van der Waals surface area contributed by atoms with Gasteiger partial charge in [0, 0.05) is 29.2 Å². The van der Waals surface area contributed by atoms with E-state index in [0.29, 0.717) is 11.8 Å². The molecule has 5 heterocycles. The van der Waals surface area contributed by atoms with Crippen LogP contribution in [-0.2, 0) is 13.2 Å². The van der Waals surface area contributed by atoms with Gasteiger partial charge in [0.05, 0.1) is 24.2 Å². The minimum Gasteiger partial charge on any atom is -0.392 e. The highest BCUT2D eigenvalue weighted by atomic mass is 16.3. The minimum atomic E-state index is -0.0518. The molecule has 180 valence electrons. The molecule has 0 saturated carbocycles. The number of hydrogen-bond donors (Lipinski definition) is 3. The van der Waals surface area contributed by atoms with Crippen LogP contribution >= 0.6 is 0 Å². The SMILES string of the molecule is CC(C)c1c(-c2cn3ncnc3cc2CO)[nH]c2ccc(C3CCN(Cc4cn[nH]n4)CC3)cc12. The monoisotopic (exact) mass is 470 g/mol. The number of nitrogens with zero attached hydrogens (tertiary/aromatic N) is 6. The van der Waals surface area contributed by atoms with Crippen LogP contribution in [-0.4, -0.2) is 58.1 Å². The van der Waals surface area contributed by atoms with E-state index in [4.69, 9.17) is 0 Å². The molecule has 1 saturated heterocycles. The first kappa shape index (κ1) is 21.9. The molecule has 0 bridgehead atoms. The Balaban J connectivity index is 1.33. The molecule has 9 nitrogen and oxygen atoms in total. The van der Waals surface area contributed by atoms with Gasteiger partial charge >= 0.3 is 0 Å². The summed E-state index contributed by atoms with van der Waals surface area (Å²) < 4.78 is 1.77. The Morgan fingerprint density at radius 1 is 1.17 bits per heavy atom. The number of aromatic nitrogens is 7. The van der Waals surface area contributed by atoms with Gasteiger partial charge in [-0.1, -0.05) is 19.9 Å². The number of aromatic amines is 2. The van der Waals surface area contributed by atoms with Crippen LogP contribution in [0.25, 0.3) is 27.8 Å². The first-order chi connectivity index (χ1) is 17.1. The van der Waals surface area contributed by atoms with Crippen molar-refractivity contribution in [3.63, 3.8) is 0 Å². The van der Waals surface area contributed by atoms with Gasteiger partial charge < -0.3 is 10.1 Å². The van der Waals surface area contributed by atoms with Gasteiger partial charge in [-0.15, -0.1) is 0 Å². The van der Waals surface area contributed by atoms with Gasteiger partial charge in [-0.2, -0.15) is 20.5 Å². The summed E-state index contributed by atoms with van der Waals surface area (Å²) in [4.78, 5) is 10.4. The highest BCUT2D eigenvalue weighted by molar-refractivity contribution is 5.92. The molecule has 9 heteroatoms. The van der Waals surface area contributed by atoms with Gasteiger partial charge in [-0.25, -0.2) is 9.50 Å². The Hall–Kier alpha value is -3.56. The van der Waals surface area contributed by atoms with Crippen LogP contribution in [0.15, 0.2) is 43.0 Å². The Labute approximate surface area is 203 Å². The van der Waals surface area contributed by atoms with Crippen LogP contribution in [0.4, 0.5) is 0 Å². The van der Waals surface area contributed by atoms with Gasteiger partial charge in [-0.05, 0) is 72.7 Å². The van der Waals surface area contributed by atoms with Gasteiger partial charge in [0.25, 0.3) is 0 Å². The van der Waals surface area contributed by atoms with E-state index in [1.165, 1.54) is 22.8 Å². The molecule has 1 aliphatic heterocycles. The summed E-state index contributed by atoms with van der Waals surface area (Å²) in [5.41, 5.74) is 8.40. The third-order valence-corrected chi connectivity index (χ3v) is 7.29. The van der Waals surface area contributed by atoms with E-state index >= 15 is 0 Å². The second kappa shape index (κ2) is 8.90. The molecule has 6 rings (SSSR count). The predicted octanol–water partition coefficient (Wildman–Crippen LogP) is 3.99. The fraction of sp³-hybridized carbons (Fsp3) is 0.385. The first-order valence-electron chi connectivity index (χ1n) is 12.3. The van der Waals surface area contributed by atoms with Crippen molar-refractivity contribution >= 4 is 16.6 Å². The Morgan fingerprint density at radius 3 is 2.77 bits per heavy atom. The van der Waals surface area contributed by atoms with Gasteiger partial charge in [0.2, 0.25) is 0 Å². The normalized spacial score (nSPS) is 15.7. The Kier molecular flexibility index (Phi) is 5.58. The van der Waals surface area contributed by atoms with Crippen molar-refractivity contribution in [2.75, 3.05) is 13.1 Å². The maximum absolute atomic E-state index is 10.1. The molecule has 1 aromatic carbocycles. The van der Waals surface area contributed by atoms with Crippen LogP contribution in [0.1, 0.15) is 60.9 Å². The lowest BCUT2D eigenvalue weighted by atomic mass is 9.87. The van der Waals surface area contributed by atoms with E-state index < -0.39 is 0 Å². The maximum Gasteiger partial charge on any atom is 0.155 e. The smallest absolute Gasteiger partial charge is 0.155 e. The number of hydrogen-bond acceptors (Lipinski definition) is 6. The van der Waals surface area contributed by atoms with Crippen molar-refractivity contribution in [3.8, 4) is 11.3 Å². The average Bonchev–Trinajstić information content (AvgIpc) is 3.62. The summed E-state index contributed by atoms with van der Waals surface area (Å²) in [7, 11) is 0. The molecule has 0 atom stereocenters. The van der Waals surface area contributed by atoms with Gasteiger partial charge in [0.15, 0.2) is 5.65 Å². The fourth-order valence-corrected chi connectivity index (χ4v) is 5.51. The number of fused-ring (bicyclic) bond motifs is 2. The van der Waals surface area contributed by atoms with Gasteiger partial charge in [-0.3, -0.25) is 4.90 Å². The number of pyridine rings is 1. The number of H-pyrrole nitrogens is 2. The number of aliphatic hydroxyl groups excluding tert-OH is 1. The van der Waals surface area contributed by atoms with E-state index in [2.05, 4.69) is 67.4 Å². The number of rotatable bonds is 6. The molecule has 1 aliphatic rings. The second-order valence-electron chi connectivity index (χ2n) is 9.82. The summed E-state index contributed by atoms with van der Waals surface area (Å²) in [6.45, 7) is 7.38. The number of nitrogens with one attached hydrogen (secondary N) is 2. The second-order valence-corrected chi connectivity index (χ2v) is 9.82. The molecule has 4 aromatic heterocycles. The summed E-state index contributed by atoms with van der Waals surface area (Å²) in [5, 5.41) is 26.5. The maximum atomic E-state index is 10.1. The van der Waals surface area contributed by atoms with Crippen LogP contribution in [0.5, 0.6) is 0 Å². The van der Waals surface area contributed by atoms with Crippen LogP contribution in [0.2, 0.25) is 0 Å². The summed E-state index contributed by atoms with van der Waals surface area (Å²) in [6, 6.07) is 8.79. The van der Waals surface area contributed by atoms with E-state index in [-0.39, 0.29) is 6.61 Å². The summed E-state index contributed by atoms with van der Waals surface area (Å²) in [6.07, 6.45) is 7.58. The molecular weight excluding hydrogens is 440 g/mol. The highest BCUT2D eigenvalue weighted by Crippen LogP contribution is 2.39. The van der Waals surface area contributed by atoms with E-state index in [0.717, 1.165) is 66.2 Å². The number of benzene rings is 1. The lowest BCUT2D eigenvalue weighted by molar-refractivity contribution is 0.202. The molecule has 1 fully saturated rings. The molecule has 0 amide bonds. The fourth-order valence-electron chi connectivity index (χ4n) is 5.51. The lowest BCUT2D eigenvalue weighted by Crippen LogP contribution is -2.32. The van der Waals surface area contributed by atoms with Crippen molar-refractivity contribution in [2.24, 2.45) is 0 Å². The molecule has 5 aromatic rings. The molecule has 0 spiro atoms. The van der Waals surface area contributed by atoms with Gasteiger partial charge in [0.1, 0.15) is 6.33 Å². The zero-order valence-corrected chi connectivity index (χ0v) is 20.1. The van der Waals surface area contributed by atoms with Crippen molar-refractivity contribution in [1.29, 1.82) is 0 Å². The largest absolute Gasteiger partial charge is 0.392 e. The van der Waals surface area contributed by atoms with Crippen molar-refractivity contribution in [1.82, 2.24) is 39.9 Å². The van der Waals surface area contributed by atoms with Crippen LogP contribution < -0.4 is 0 Å². The third-order valence-electron chi connectivity index (χ3n) is 7.29. The molecule has 0 aliphatic carbocycles. The highest BCUT2D eigenvalue weighted by Gasteiger charge is 2.24. The minimum absolute atomic E-state index is 0.0518. The van der Waals surface area contributed by atoms with E-state index in [9.17, 15) is 5.11 Å². The van der Waals surface area contributed by atoms with Crippen molar-refractivity contribution in [3.05, 3.63) is 65.4 Å². The molecular formula is C26H30N8O. The van der Waals surface area contributed by atoms with E-state index in [1.54, 1.807) is 10.7 Å². The van der Waals surface area contributed by atoms with Crippen molar-refractivity contribution < 1.29 is 5.11 Å². The van der Waals surface area contributed by atoms with E-state index in [1.807, 2.05) is 12.3 Å². The number of piperidine rings is 1.